The van der Waals surface area contributed by atoms with Crippen LogP contribution in [-0.2, 0) is 0 Å². The average Bonchev–Trinajstić information content (AvgIpc) is 2.49. The summed E-state index contributed by atoms with van der Waals surface area (Å²) in [4.78, 5) is 3.92. The molecule has 0 spiro atoms. The highest BCUT2D eigenvalue weighted by Crippen LogP contribution is 2.34. The molecule has 104 valence electrons. The van der Waals surface area contributed by atoms with Crippen molar-refractivity contribution in [3.8, 4) is 0 Å². The fourth-order valence-corrected chi connectivity index (χ4v) is 3.08. The van der Waals surface area contributed by atoms with E-state index in [1.54, 1.807) is 6.07 Å². The Morgan fingerprint density at radius 2 is 1.75 bits per heavy atom. The lowest BCUT2D eigenvalue weighted by Gasteiger charge is -2.33. The maximum Gasteiger partial charge on any atom is 0.214 e. The van der Waals surface area contributed by atoms with Crippen LogP contribution in [0.5, 0.6) is 0 Å². The molecule has 1 aliphatic rings. The second-order valence-electron chi connectivity index (χ2n) is 5.40. The summed E-state index contributed by atoms with van der Waals surface area (Å²) in [5.41, 5.74) is 1.36. The largest absolute Gasteiger partial charge is 0.367 e. The van der Waals surface area contributed by atoms with Gasteiger partial charge in [-0.3, -0.25) is 0 Å². The molecule has 20 heavy (non-hydrogen) atoms. The van der Waals surface area contributed by atoms with E-state index in [0.29, 0.717) is 17.8 Å². The summed E-state index contributed by atoms with van der Waals surface area (Å²) in [5.74, 6) is 0.690. The maximum absolute atomic E-state index is 13.2. The molecule has 3 heteroatoms. The van der Waals surface area contributed by atoms with Crippen LogP contribution in [0.1, 0.15) is 37.2 Å². The zero-order chi connectivity index (χ0) is 13.8. The highest BCUT2D eigenvalue weighted by atomic mass is 19.1. The molecular weight excluding hydrogens is 251 g/mol. The second kappa shape index (κ2) is 6.04. The highest BCUT2D eigenvalue weighted by molar-refractivity contribution is 5.37. The van der Waals surface area contributed by atoms with Gasteiger partial charge in [-0.05, 0) is 30.5 Å². The molecule has 2 nitrogen and oxygen atoms in total. The Bertz CT molecular complexity index is 556. The average molecular weight is 270 g/mol. The Hall–Kier alpha value is -1.90. The summed E-state index contributed by atoms with van der Waals surface area (Å²) >= 11 is 0. The molecule has 1 N–H and O–H groups in total. The predicted molar refractivity (Wildman–Crippen MR) is 79.3 cm³/mol. The Kier molecular flexibility index (Phi) is 3.95. The molecule has 0 aliphatic heterocycles. The van der Waals surface area contributed by atoms with Gasteiger partial charge in [0.25, 0.3) is 0 Å². The van der Waals surface area contributed by atoms with E-state index in [4.69, 9.17) is 0 Å². The maximum atomic E-state index is 13.2. The smallest absolute Gasteiger partial charge is 0.214 e. The molecule has 1 fully saturated rings. The summed E-state index contributed by atoms with van der Waals surface area (Å²) in [7, 11) is 0. The van der Waals surface area contributed by atoms with Gasteiger partial charge >= 0.3 is 0 Å². The molecule has 0 bridgehead atoms. The number of rotatable bonds is 3. The first-order valence-electron chi connectivity index (χ1n) is 7.27. The third kappa shape index (κ3) is 2.98. The summed E-state index contributed by atoms with van der Waals surface area (Å²) in [5, 5.41) is 3.42. The lowest BCUT2D eigenvalue weighted by molar-refractivity contribution is 0.404. The number of hydrogen-bond donors (Lipinski definition) is 1. The first kappa shape index (κ1) is 13.1. The van der Waals surface area contributed by atoms with Crippen molar-refractivity contribution in [3.05, 3.63) is 60.0 Å². The number of hydrogen-bond acceptors (Lipinski definition) is 2. The molecule has 2 aromatic rings. The lowest BCUT2D eigenvalue weighted by atomic mass is 9.80. The number of benzene rings is 1. The number of halogens is 1. The van der Waals surface area contributed by atoms with Crippen molar-refractivity contribution in [2.24, 2.45) is 0 Å². The van der Waals surface area contributed by atoms with Gasteiger partial charge in [-0.1, -0.05) is 49.2 Å². The van der Waals surface area contributed by atoms with E-state index < -0.39 is 5.95 Å². The SMILES string of the molecule is Fc1cccc(NC2CCCCC2c2ccccc2)n1. The normalized spacial score (nSPS) is 22.4. The van der Waals surface area contributed by atoms with E-state index in [2.05, 4.69) is 34.6 Å². The van der Waals surface area contributed by atoms with Crippen molar-refractivity contribution >= 4 is 5.82 Å². The minimum atomic E-state index is -0.429. The van der Waals surface area contributed by atoms with Crippen LogP contribution in [0, 0.1) is 5.95 Å². The van der Waals surface area contributed by atoms with Crippen molar-refractivity contribution in [2.45, 2.75) is 37.6 Å². The minimum Gasteiger partial charge on any atom is -0.367 e. The first-order chi connectivity index (χ1) is 9.83. The number of pyridine rings is 1. The molecule has 0 saturated heterocycles. The Morgan fingerprint density at radius 3 is 2.55 bits per heavy atom. The molecule has 2 unspecified atom stereocenters. The number of nitrogens with zero attached hydrogens (tertiary/aromatic N) is 1. The Labute approximate surface area is 119 Å². The lowest BCUT2D eigenvalue weighted by Crippen LogP contribution is -2.31. The van der Waals surface area contributed by atoms with Crippen molar-refractivity contribution in [1.82, 2.24) is 4.98 Å². The highest BCUT2D eigenvalue weighted by Gasteiger charge is 2.26. The van der Waals surface area contributed by atoms with Gasteiger partial charge in [0, 0.05) is 12.0 Å². The summed E-state index contributed by atoms with van der Waals surface area (Å²) in [6, 6.07) is 15.8. The number of anilines is 1. The van der Waals surface area contributed by atoms with Gasteiger partial charge in [0.05, 0.1) is 0 Å². The van der Waals surface area contributed by atoms with Gasteiger partial charge in [-0.2, -0.15) is 4.39 Å². The monoisotopic (exact) mass is 270 g/mol. The van der Waals surface area contributed by atoms with Crippen LogP contribution in [-0.4, -0.2) is 11.0 Å². The van der Waals surface area contributed by atoms with E-state index in [9.17, 15) is 4.39 Å². The van der Waals surface area contributed by atoms with E-state index >= 15 is 0 Å². The number of nitrogens with one attached hydrogen (secondary N) is 1. The van der Waals surface area contributed by atoms with Crippen molar-refractivity contribution in [1.29, 1.82) is 0 Å². The van der Waals surface area contributed by atoms with Crippen LogP contribution >= 0.6 is 0 Å². The van der Waals surface area contributed by atoms with Crippen LogP contribution in [0.4, 0.5) is 10.2 Å². The van der Waals surface area contributed by atoms with Crippen LogP contribution in [0.2, 0.25) is 0 Å². The van der Waals surface area contributed by atoms with Gasteiger partial charge in [0.2, 0.25) is 5.95 Å². The fourth-order valence-electron chi connectivity index (χ4n) is 3.08. The van der Waals surface area contributed by atoms with E-state index in [0.717, 1.165) is 6.42 Å². The summed E-state index contributed by atoms with van der Waals surface area (Å²) < 4.78 is 13.2. The van der Waals surface area contributed by atoms with Gasteiger partial charge in [-0.25, -0.2) is 4.98 Å². The van der Waals surface area contributed by atoms with E-state index in [1.165, 1.54) is 30.9 Å². The molecule has 0 radical (unpaired) electrons. The predicted octanol–water partition coefficient (Wildman–Crippen LogP) is 4.36. The van der Waals surface area contributed by atoms with Crippen LogP contribution in [0.3, 0.4) is 0 Å². The van der Waals surface area contributed by atoms with Crippen molar-refractivity contribution in [2.75, 3.05) is 5.32 Å². The van der Waals surface area contributed by atoms with Crippen LogP contribution in [0.15, 0.2) is 48.5 Å². The van der Waals surface area contributed by atoms with Gasteiger partial charge in [0.15, 0.2) is 0 Å². The van der Waals surface area contributed by atoms with Crippen LogP contribution in [0.25, 0.3) is 0 Å². The molecule has 1 aromatic heterocycles. The van der Waals surface area contributed by atoms with Crippen molar-refractivity contribution in [3.63, 3.8) is 0 Å². The molecule has 1 heterocycles. The zero-order valence-corrected chi connectivity index (χ0v) is 11.4. The molecule has 0 amide bonds. The summed E-state index contributed by atoms with van der Waals surface area (Å²) in [6.45, 7) is 0. The zero-order valence-electron chi connectivity index (χ0n) is 11.4. The van der Waals surface area contributed by atoms with Crippen LogP contribution < -0.4 is 5.32 Å². The molecule has 3 rings (SSSR count). The third-order valence-electron chi connectivity index (χ3n) is 4.04. The number of aromatic nitrogens is 1. The topological polar surface area (TPSA) is 24.9 Å². The quantitative estimate of drug-likeness (QED) is 0.838. The first-order valence-corrected chi connectivity index (χ1v) is 7.27. The van der Waals surface area contributed by atoms with Gasteiger partial charge in [-0.15, -0.1) is 0 Å². The third-order valence-corrected chi connectivity index (χ3v) is 4.04. The van der Waals surface area contributed by atoms with Gasteiger partial charge in [0.1, 0.15) is 5.82 Å². The Morgan fingerprint density at radius 1 is 0.950 bits per heavy atom. The summed E-state index contributed by atoms with van der Waals surface area (Å²) in [6.07, 6.45) is 4.76. The standard InChI is InChI=1S/C17H19FN2/c18-16-11-6-12-17(20-16)19-15-10-5-4-9-14(15)13-7-2-1-3-8-13/h1-3,6-8,11-12,14-15H,4-5,9-10H2,(H,19,20). The Balaban J connectivity index is 1.79. The van der Waals surface area contributed by atoms with E-state index in [-0.39, 0.29) is 0 Å². The molecule has 2 atom stereocenters. The van der Waals surface area contributed by atoms with Gasteiger partial charge < -0.3 is 5.32 Å². The van der Waals surface area contributed by atoms with Crippen molar-refractivity contribution < 1.29 is 4.39 Å². The fraction of sp³-hybridized carbons (Fsp3) is 0.353. The molecule has 1 aliphatic carbocycles. The second-order valence-corrected chi connectivity index (χ2v) is 5.40. The molecule has 1 saturated carbocycles. The molecule has 1 aromatic carbocycles. The van der Waals surface area contributed by atoms with E-state index in [1.807, 2.05) is 12.1 Å². The molecular formula is C17H19FN2. The minimum absolute atomic E-state index is 0.334.